The monoisotopic (exact) mass is 296 g/mol. The fourth-order valence-corrected chi connectivity index (χ4v) is 2.28. The molecule has 4 nitrogen and oxygen atoms in total. The van der Waals surface area contributed by atoms with E-state index >= 15 is 0 Å². The van der Waals surface area contributed by atoms with Crippen LogP contribution in [0.2, 0.25) is 0 Å². The zero-order valence-electron chi connectivity index (χ0n) is 10.2. The van der Waals surface area contributed by atoms with E-state index in [-0.39, 0.29) is 11.7 Å². The summed E-state index contributed by atoms with van der Waals surface area (Å²) >= 11 is 1.28. The Morgan fingerprint density at radius 3 is 2.80 bits per heavy atom. The van der Waals surface area contributed by atoms with Gasteiger partial charge >= 0.3 is 0 Å². The third kappa shape index (κ3) is 2.49. The maximum Gasteiger partial charge on any atom is 0.270 e. The van der Waals surface area contributed by atoms with Crippen LogP contribution in [-0.2, 0) is 4.79 Å². The zero-order chi connectivity index (χ0) is 14.2. The number of nitrogens with one attached hydrogen (secondary N) is 1. The van der Waals surface area contributed by atoms with Gasteiger partial charge in [0.25, 0.3) is 5.91 Å². The molecule has 3 rings (SSSR count). The van der Waals surface area contributed by atoms with E-state index < -0.39 is 17.2 Å². The van der Waals surface area contributed by atoms with E-state index in [1.165, 1.54) is 17.4 Å². The van der Waals surface area contributed by atoms with Crippen molar-refractivity contribution >= 4 is 22.4 Å². The molecule has 0 unspecified atom stereocenters. The van der Waals surface area contributed by atoms with E-state index in [0.29, 0.717) is 18.0 Å². The zero-order valence-corrected chi connectivity index (χ0v) is 11.0. The van der Waals surface area contributed by atoms with Gasteiger partial charge in [0.2, 0.25) is 0 Å². The van der Waals surface area contributed by atoms with Gasteiger partial charge in [-0.3, -0.25) is 10.1 Å². The minimum atomic E-state index is -1.08. The predicted octanol–water partition coefficient (Wildman–Crippen LogP) is 2.97. The Labute approximate surface area is 117 Å². The van der Waals surface area contributed by atoms with Crippen molar-refractivity contribution in [2.24, 2.45) is 0 Å². The number of anilines is 1. The largest absolute Gasteiger partial charge is 0.474 e. The van der Waals surface area contributed by atoms with Crippen molar-refractivity contribution in [1.29, 1.82) is 0 Å². The second kappa shape index (κ2) is 4.82. The minimum Gasteiger partial charge on any atom is -0.474 e. The summed E-state index contributed by atoms with van der Waals surface area (Å²) in [7, 11) is 0. The lowest BCUT2D eigenvalue weighted by Gasteiger charge is -2.17. The second-order valence-electron chi connectivity index (χ2n) is 4.46. The number of amides is 1. The Morgan fingerprint density at radius 1 is 1.40 bits per heavy atom. The summed E-state index contributed by atoms with van der Waals surface area (Å²) in [5, 5.41) is 4.82. The number of hydrogen-bond acceptors (Lipinski definition) is 4. The van der Waals surface area contributed by atoms with Crippen molar-refractivity contribution < 1.29 is 18.3 Å². The van der Waals surface area contributed by atoms with Gasteiger partial charge in [0, 0.05) is 30.5 Å². The molecule has 1 N–H and O–H groups in total. The van der Waals surface area contributed by atoms with Gasteiger partial charge in [0.15, 0.2) is 22.3 Å². The normalized spacial score (nSPS) is 15.7. The van der Waals surface area contributed by atoms with Crippen LogP contribution in [0.25, 0.3) is 0 Å². The second-order valence-corrected chi connectivity index (χ2v) is 5.36. The van der Waals surface area contributed by atoms with E-state index in [4.69, 9.17) is 4.74 Å². The van der Waals surface area contributed by atoms with E-state index in [1.807, 2.05) is 0 Å². The Morgan fingerprint density at radius 2 is 2.20 bits per heavy atom. The number of hydrogen-bond donors (Lipinski definition) is 1. The Bertz CT molecular complexity index is 642. The summed E-state index contributed by atoms with van der Waals surface area (Å²) in [6.07, 6.45) is 2.54. The van der Waals surface area contributed by atoms with Crippen LogP contribution in [0.3, 0.4) is 0 Å². The molecule has 0 aliphatic heterocycles. The lowest BCUT2D eigenvalue weighted by atomic mass is 10.3. The molecule has 1 amide bonds. The molecule has 1 aliphatic rings. The molecule has 1 saturated carbocycles. The summed E-state index contributed by atoms with van der Waals surface area (Å²) in [6.45, 7) is 0. The molecule has 20 heavy (non-hydrogen) atoms. The number of nitrogens with zero attached hydrogens (tertiary/aromatic N) is 1. The van der Waals surface area contributed by atoms with Crippen LogP contribution in [-0.4, -0.2) is 16.5 Å². The highest BCUT2D eigenvalue weighted by atomic mass is 32.1. The molecule has 0 saturated heterocycles. The van der Waals surface area contributed by atoms with Gasteiger partial charge in [0.05, 0.1) is 0 Å². The van der Waals surface area contributed by atoms with Gasteiger partial charge in [-0.15, -0.1) is 11.3 Å². The van der Waals surface area contributed by atoms with Gasteiger partial charge in [-0.1, -0.05) is 0 Å². The lowest BCUT2D eigenvalue weighted by Crippen LogP contribution is -2.35. The summed E-state index contributed by atoms with van der Waals surface area (Å²) in [5.74, 6) is -2.00. The van der Waals surface area contributed by atoms with Crippen molar-refractivity contribution in [3.05, 3.63) is 41.4 Å². The summed E-state index contributed by atoms with van der Waals surface area (Å²) in [5.41, 5.74) is -1.08. The van der Waals surface area contributed by atoms with Crippen molar-refractivity contribution in [2.45, 2.75) is 18.4 Å². The molecular weight excluding hydrogens is 286 g/mol. The molecule has 1 fully saturated rings. The Hall–Kier alpha value is -2.02. The number of thiazole rings is 1. The number of halogens is 2. The van der Waals surface area contributed by atoms with Gasteiger partial charge in [0.1, 0.15) is 5.82 Å². The first-order chi connectivity index (χ1) is 9.59. The number of carbonyl (C=O) groups excluding carboxylic acids is 1. The average Bonchev–Trinajstić information content (AvgIpc) is 3.02. The predicted molar refractivity (Wildman–Crippen MR) is 69.7 cm³/mol. The Kier molecular flexibility index (Phi) is 3.13. The Balaban J connectivity index is 1.74. The van der Waals surface area contributed by atoms with Crippen molar-refractivity contribution in [2.75, 3.05) is 5.32 Å². The number of benzene rings is 1. The van der Waals surface area contributed by atoms with Gasteiger partial charge in [-0.2, -0.15) is 0 Å². The van der Waals surface area contributed by atoms with Crippen LogP contribution >= 0.6 is 11.3 Å². The number of ether oxygens (including phenoxy) is 1. The maximum atomic E-state index is 13.5. The highest BCUT2D eigenvalue weighted by molar-refractivity contribution is 7.13. The molecule has 7 heteroatoms. The molecule has 0 spiro atoms. The van der Waals surface area contributed by atoms with Crippen LogP contribution in [0, 0.1) is 11.6 Å². The van der Waals surface area contributed by atoms with Crippen molar-refractivity contribution in [3.63, 3.8) is 0 Å². The molecule has 0 bridgehead atoms. The molecular formula is C13H10F2N2O2S. The van der Waals surface area contributed by atoms with E-state index in [2.05, 4.69) is 10.3 Å². The fourth-order valence-electron chi connectivity index (χ4n) is 1.75. The van der Waals surface area contributed by atoms with Crippen LogP contribution in [0.15, 0.2) is 29.8 Å². The molecule has 0 atom stereocenters. The quantitative estimate of drug-likeness (QED) is 0.943. The first-order valence-electron chi connectivity index (χ1n) is 5.94. The summed E-state index contributed by atoms with van der Waals surface area (Å²) in [6, 6.07) is 3.00. The van der Waals surface area contributed by atoms with E-state index in [9.17, 15) is 13.6 Å². The maximum absolute atomic E-state index is 13.5. The van der Waals surface area contributed by atoms with E-state index in [0.717, 1.165) is 12.1 Å². The molecule has 104 valence electrons. The highest BCUT2D eigenvalue weighted by Gasteiger charge is 2.53. The molecule has 1 aromatic carbocycles. The molecule has 1 heterocycles. The van der Waals surface area contributed by atoms with Crippen LogP contribution < -0.4 is 10.1 Å². The summed E-state index contributed by atoms with van der Waals surface area (Å²) in [4.78, 5) is 16.1. The fraction of sp³-hybridized carbons (Fsp3) is 0.231. The van der Waals surface area contributed by atoms with Crippen LogP contribution in [0.4, 0.5) is 13.9 Å². The molecule has 1 aromatic heterocycles. The van der Waals surface area contributed by atoms with Crippen molar-refractivity contribution in [3.8, 4) is 5.75 Å². The molecule has 0 radical (unpaired) electrons. The SMILES string of the molecule is O=C(Nc1nccs1)C1(Oc2ccc(F)cc2F)CC1. The van der Waals surface area contributed by atoms with Gasteiger partial charge < -0.3 is 4.74 Å². The average molecular weight is 296 g/mol. The van der Waals surface area contributed by atoms with Crippen molar-refractivity contribution in [1.82, 2.24) is 4.98 Å². The smallest absolute Gasteiger partial charge is 0.270 e. The standard InChI is InChI=1S/C13H10F2N2O2S/c14-8-1-2-10(9(15)7-8)19-13(3-4-13)11(18)17-12-16-5-6-20-12/h1-2,5-7H,3-4H2,(H,16,17,18). The highest BCUT2D eigenvalue weighted by Crippen LogP contribution is 2.42. The van der Waals surface area contributed by atoms with E-state index in [1.54, 1.807) is 11.6 Å². The molecule has 2 aromatic rings. The van der Waals surface area contributed by atoms with Crippen LogP contribution in [0.5, 0.6) is 5.75 Å². The topological polar surface area (TPSA) is 51.2 Å². The first-order valence-corrected chi connectivity index (χ1v) is 6.82. The first kappa shape index (κ1) is 13.0. The number of carbonyl (C=O) groups is 1. The summed E-state index contributed by atoms with van der Waals surface area (Å²) < 4.78 is 31.8. The third-order valence-corrected chi connectivity index (χ3v) is 3.66. The number of aromatic nitrogens is 1. The molecule has 1 aliphatic carbocycles. The van der Waals surface area contributed by atoms with Gasteiger partial charge in [-0.25, -0.2) is 13.8 Å². The van der Waals surface area contributed by atoms with Gasteiger partial charge in [-0.05, 0) is 12.1 Å². The number of rotatable bonds is 4. The van der Waals surface area contributed by atoms with Crippen LogP contribution in [0.1, 0.15) is 12.8 Å². The third-order valence-electron chi connectivity index (χ3n) is 2.97. The minimum absolute atomic E-state index is 0.127. The lowest BCUT2D eigenvalue weighted by molar-refractivity contribution is -0.124.